The molecule has 27 heavy (non-hydrogen) atoms. The Morgan fingerprint density at radius 1 is 1.15 bits per heavy atom. The van der Waals surface area contributed by atoms with Gasteiger partial charge in [0.1, 0.15) is 24.0 Å². The summed E-state index contributed by atoms with van der Waals surface area (Å²) in [5.74, 6) is 0.187. The number of aliphatic hydroxyl groups is 1. The molecule has 2 N–H and O–H groups in total. The molecular formula is C20H21ClN2O4. The van der Waals surface area contributed by atoms with Gasteiger partial charge >= 0.3 is 6.03 Å². The largest absolute Gasteiger partial charge is 0.491 e. The van der Waals surface area contributed by atoms with E-state index in [1.165, 1.54) is 0 Å². The van der Waals surface area contributed by atoms with Crippen LogP contribution in [0.25, 0.3) is 0 Å². The highest BCUT2D eigenvalue weighted by Crippen LogP contribution is 2.29. The molecule has 0 unspecified atom stereocenters. The highest BCUT2D eigenvalue weighted by molar-refractivity contribution is 6.30. The Kier molecular flexibility index (Phi) is 5.39. The summed E-state index contributed by atoms with van der Waals surface area (Å²) >= 11 is 5.89. The fourth-order valence-corrected chi connectivity index (χ4v) is 3.06. The number of aryl methyl sites for hydroxylation is 1. The average molecular weight is 389 g/mol. The van der Waals surface area contributed by atoms with Crippen molar-refractivity contribution in [3.63, 3.8) is 0 Å². The first-order valence-corrected chi connectivity index (χ1v) is 8.95. The molecule has 0 saturated carbocycles. The Bertz CT molecular complexity index is 838. The van der Waals surface area contributed by atoms with Gasteiger partial charge in [0.25, 0.3) is 5.91 Å². The first-order chi connectivity index (χ1) is 12.8. The maximum absolute atomic E-state index is 12.8. The van der Waals surface area contributed by atoms with Crippen LogP contribution in [0.2, 0.25) is 5.02 Å². The number of imide groups is 1. The minimum Gasteiger partial charge on any atom is -0.491 e. The van der Waals surface area contributed by atoms with Gasteiger partial charge in [0.05, 0.1) is 6.54 Å². The fourth-order valence-electron chi connectivity index (χ4n) is 2.93. The number of rotatable bonds is 6. The van der Waals surface area contributed by atoms with Crippen molar-refractivity contribution >= 4 is 23.5 Å². The first kappa shape index (κ1) is 19.2. The average Bonchev–Trinajstić information content (AvgIpc) is 2.86. The lowest BCUT2D eigenvalue weighted by molar-refractivity contribution is -0.132. The lowest BCUT2D eigenvalue weighted by Gasteiger charge is -2.23. The number of ether oxygens (including phenoxy) is 1. The van der Waals surface area contributed by atoms with Crippen LogP contribution in [0.1, 0.15) is 18.1 Å². The number of benzene rings is 2. The van der Waals surface area contributed by atoms with Gasteiger partial charge in [-0.1, -0.05) is 41.4 Å². The van der Waals surface area contributed by atoms with Crippen LogP contribution in [0.5, 0.6) is 5.75 Å². The van der Waals surface area contributed by atoms with E-state index in [-0.39, 0.29) is 13.2 Å². The number of hydrogen-bond acceptors (Lipinski definition) is 4. The van der Waals surface area contributed by atoms with Crippen LogP contribution >= 0.6 is 11.6 Å². The van der Waals surface area contributed by atoms with Crippen molar-refractivity contribution in [1.82, 2.24) is 10.2 Å². The third-order valence-electron chi connectivity index (χ3n) is 4.55. The second-order valence-corrected chi connectivity index (χ2v) is 7.19. The zero-order valence-electron chi connectivity index (χ0n) is 15.1. The van der Waals surface area contributed by atoms with Crippen molar-refractivity contribution in [2.45, 2.75) is 25.5 Å². The predicted octanol–water partition coefficient (Wildman–Crippen LogP) is 2.86. The van der Waals surface area contributed by atoms with Gasteiger partial charge in [0.2, 0.25) is 0 Å². The Labute approximate surface area is 162 Å². The van der Waals surface area contributed by atoms with Crippen LogP contribution in [0, 0.1) is 6.92 Å². The summed E-state index contributed by atoms with van der Waals surface area (Å²) in [5, 5.41) is 13.5. The third kappa shape index (κ3) is 4.07. The van der Waals surface area contributed by atoms with E-state index in [9.17, 15) is 14.7 Å². The molecule has 3 amide bonds. The molecule has 0 radical (unpaired) electrons. The molecule has 6 nitrogen and oxygen atoms in total. The maximum atomic E-state index is 12.8. The molecule has 1 fully saturated rings. The molecule has 0 aromatic heterocycles. The Morgan fingerprint density at radius 3 is 2.41 bits per heavy atom. The number of urea groups is 1. The molecule has 0 spiro atoms. The van der Waals surface area contributed by atoms with Gasteiger partial charge in [-0.15, -0.1) is 0 Å². The molecule has 7 heteroatoms. The quantitative estimate of drug-likeness (QED) is 0.746. The van der Waals surface area contributed by atoms with Crippen molar-refractivity contribution < 1.29 is 19.4 Å². The van der Waals surface area contributed by atoms with Gasteiger partial charge in [0.15, 0.2) is 0 Å². The molecule has 1 aliphatic rings. The number of nitrogens with zero attached hydrogens (tertiary/aromatic N) is 1. The van der Waals surface area contributed by atoms with Crippen LogP contribution in [0.4, 0.5) is 4.79 Å². The maximum Gasteiger partial charge on any atom is 0.325 e. The number of amides is 3. The Hall–Kier alpha value is -2.57. The number of nitrogens with one attached hydrogen (secondary N) is 1. The summed E-state index contributed by atoms with van der Waals surface area (Å²) in [4.78, 5) is 26.1. The standard InChI is InChI=1S/C20H21ClN2O4/c1-13-3-9-17(10-4-13)27-12-16(24)11-23-18(25)20(2,22-19(23)26)14-5-7-15(21)8-6-14/h3-10,16,24H,11-12H2,1-2H3,(H,22,26)/t16-,20+/m1/s1. The van der Waals surface area contributed by atoms with Gasteiger partial charge in [-0.05, 0) is 43.7 Å². The molecule has 1 saturated heterocycles. The molecule has 2 aromatic carbocycles. The van der Waals surface area contributed by atoms with E-state index in [1.54, 1.807) is 43.3 Å². The number of halogens is 1. The summed E-state index contributed by atoms with van der Waals surface area (Å²) in [6.45, 7) is 3.41. The number of aliphatic hydroxyl groups excluding tert-OH is 1. The van der Waals surface area contributed by atoms with E-state index >= 15 is 0 Å². The van der Waals surface area contributed by atoms with Gasteiger partial charge in [0, 0.05) is 5.02 Å². The van der Waals surface area contributed by atoms with E-state index in [2.05, 4.69) is 5.32 Å². The number of carbonyl (C=O) groups is 2. The molecule has 0 aliphatic carbocycles. The minimum absolute atomic E-state index is 0.0300. The smallest absolute Gasteiger partial charge is 0.325 e. The summed E-state index contributed by atoms with van der Waals surface area (Å²) < 4.78 is 5.52. The van der Waals surface area contributed by atoms with Crippen molar-refractivity contribution in [3.05, 3.63) is 64.7 Å². The molecule has 2 aromatic rings. The normalized spacial score (nSPS) is 20.5. The first-order valence-electron chi connectivity index (χ1n) is 8.57. The lowest BCUT2D eigenvalue weighted by Crippen LogP contribution is -2.42. The van der Waals surface area contributed by atoms with E-state index in [1.807, 2.05) is 19.1 Å². The van der Waals surface area contributed by atoms with Crippen LogP contribution in [0.15, 0.2) is 48.5 Å². The van der Waals surface area contributed by atoms with Crippen molar-refractivity contribution in [2.75, 3.05) is 13.2 Å². The topological polar surface area (TPSA) is 78.9 Å². The van der Waals surface area contributed by atoms with E-state index in [0.717, 1.165) is 10.5 Å². The number of β-amino-alcohol motifs (C(OH)–C–C–N with tert-alkyl or cyclic N) is 1. The SMILES string of the molecule is Cc1ccc(OC[C@H](O)CN2C(=O)N[C@@](C)(c3ccc(Cl)cc3)C2=O)cc1. The van der Waals surface area contributed by atoms with Gasteiger partial charge in [-0.3, -0.25) is 9.69 Å². The summed E-state index contributed by atoms with van der Waals surface area (Å²) in [5.41, 5.74) is 0.529. The molecule has 1 heterocycles. The molecular weight excluding hydrogens is 368 g/mol. The third-order valence-corrected chi connectivity index (χ3v) is 4.81. The minimum atomic E-state index is -1.20. The molecule has 0 bridgehead atoms. The van der Waals surface area contributed by atoms with Gasteiger partial charge in [-0.2, -0.15) is 0 Å². The highest BCUT2D eigenvalue weighted by atomic mass is 35.5. The van der Waals surface area contributed by atoms with E-state index < -0.39 is 23.6 Å². The number of carbonyl (C=O) groups excluding carboxylic acids is 2. The Morgan fingerprint density at radius 2 is 1.78 bits per heavy atom. The van der Waals surface area contributed by atoms with Gasteiger partial charge in [-0.25, -0.2) is 4.79 Å². The van der Waals surface area contributed by atoms with Crippen LogP contribution in [0.3, 0.4) is 0 Å². The second kappa shape index (κ2) is 7.58. The molecule has 2 atom stereocenters. The summed E-state index contributed by atoms with van der Waals surface area (Å²) in [6, 6.07) is 13.6. The monoisotopic (exact) mass is 388 g/mol. The van der Waals surface area contributed by atoms with Crippen molar-refractivity contribution in [2.24, 2.45) is 0 Å². The fraction of sp³-hybridized carbons (Fsp3) is 0.300. The van der Waals surface area contributed by atoms with Crippen LogP contribution in [-0.2, 0) is 10.3 Å². The van der Waals surface area contributed by atoms with Gasteiger partial charge < -0.3 is 15.2 Å². The Balaban J connectivity index is 1.64. The zero-order valence-corrected chi connectivity index (χ0v) is 15.9. The second-order valence-electron chi connectivity index (χ2n) is 6.76. The van der Waals surface area contributed by atoms with E-state index in [0.29, 0.717) is 16.3 Å². The van der Waals surface area contributed by atoms with Crippen molar-refractivity contribution in [1.29, 1.82) is 0 Å². The van der Waals surface area contributed by atoms with Crippen molar-refractivity contribution in [3.8, 4) is 5.75 Å². The summed E-state index contributed by atoms with van der Waals surface area (Å²) in [6.07, 6.45) is -1.01. The van der Waals surface area contributed by atoms with Crippen LogP contribution < -0.4 is 10.1 Å². The van der Waals surface area contributed by atoms with Crippen LogP contribution in [-0.4, -0.2) is 41.2 Å². The lowest BCUT2D eigenvalue weighted by atomic mass is 9.92. The van der Waals surface area contributed by atoms with E-state index in [4.69, 9.17) is 16.3 Å². The molecule has 3 rings (SSSR count). The highest BCUT2D eigenvalue weighted by Gasteiger charge is 2.49. The molecule has 1 aliphatic heterocycles. The number of hydrogen-bond donors (Lipinski definition) is 2. The molecule has 142 valence electrons. The predicted molar refractivity (Wildman–Crippen MR) is 102 cm³/mol. The summed E-state index contributed by atoms with van der Waals surface area (Å²) in [7, 11) is 0. The zero-order chi connectivity index (χ0) is 19.6.